The Morgan fingerprint density at radius 1 is 1.73 bits per heavy atom. The minimum Gasteiger partial charge on any atom is -0.392 e. The summed E-state index contributed by atoms with van der Waals surface area (Å²) in [7, 11) is 0. The third kappa shape index (κ3) is 2.39. The molecule has 0 saturated heterocycles. The lowest BCUT2D eigenvalue weighted by molar-refractivity contribution is 0.0914. The minimum absolute atomic E-state index is 0.104. The van der Waals surface area contributed by atoms with Gasteiger partial charge >= 0.3 is 0 Å². The van der Waals surface area contributed by atoms with Crippen LogP contribution in [0.4, 0.5) is 0 Å². The van der Waals surface area contributed by atoms with Crippen LogP contribution in [0.3, 0.4) is 0 Å². The first kappa shape index (κ1) is 10.2. The second-order valence-corrected chi connectivity index (χ2v) is 4.09. The standard InChI is InChI=1S/C11H16N2O2/c1-8(14)7-12-11(15)10-3-2-6-13(10)9-4-5-9/h2-3,6,8-9,14H,4-5,7H2,1H3,(H,12,15)/t8-/m0/s1. The van der Waals surface area contributed by atoms with Crippen molar-refractivity contribution < 1.29 is 9.90 Å². The number of aromatic nitrogens is 1. The molecule has 0 aromatic carbocycles. The van der Waals surface area contributed by atoms with Crippen LogP contribution in [0, 0.1) is 0 Å². The zero-order chi connectivity index (χ0) is 10.8. The van der Waals surface area contributed by atoms with E-state index in [4.69, 9.17) is 5.11 Å². The summed E-state index contributed by atoms with van der Waals surface area (Å²) in [5.41, 5.74) is 0.693. The van der Waals surface area contributed by atoms with Crippen molar-refractivity contribution in [3.8, 4) is 0 Å². The Morgan fingerprint density at radius 3 is 3.07 bits per heavy atom. The van der Waals surface area contributed by atoms with E-state index in [1.54, 1.807) is 6.92 Å². The third-order valence-corrected chi connectivity index (χ3v) is 2.51. The minimum atomic E-state index is -0.502. The molecule has 0 aliphatic heterocycles. The Kier molecular flexibility index (Phi) is 2.77. The number of nitrogens with zero attached hydrogens (tertiary/aromatic N) is 1. The molecule has 0 unspecified atom stereocenters. The molecular formula is C11H16N2O2. The van der Waals surface area contributed by atoms with E-state index in [1.807, 2.05) is 22.9 Å². The highest BCUT2D eigenvalue weighted by Gasteiger charge is 2.26. The van der Waals surface area contributed by atoms with Crippen molar-refractivity contribution in [3.05, 3.63) is 24.0 Å². The smallest absolute Gasteiger partial charge is 0.268 e. The molecule has 1 amide bonds. The van der Waals surface area contributed by atoms with Crippen molar-refractivity contribution >= 4 is 5.91 Å². The van der Waals surface area contributed by atoms with Crippen molar-refractivity contribution in [2.45, 2.75) is 31.9 Å². The van der Waals surface area contributed by atoms with Gasteiger partial charge in [-0.2, -0.15) is 0 Å². The molecule has 1 fully saturated rings. The Bertz CT molecular complexity index is 353. The lowest BCUT2D eigenvalue weighted by Gasteiger charge is -2.09. The average molecular weight is 208 g/mol. The molecule has 1 heterocycles. The van der Waals surface area contributed by atoms with Crippen LogP contribution in [0.5, 0.6) is 0 Å². The number of rotatable bonds is 4. The Morgan fingerprint density at radius 2 is 2.47 bits per heavy atom. The fourth-order valence-corrected chi connectivity index (χ4v) is 1.59. The van der Waals surface area contributed by atoms with Gasteiger partial charge in [-0.25, -0.2) is 0 Å². The van der Waals surface area contributed by atoms with E-state index in [0.717, 1.165) is 12.8 Å². The van der Waals surface area contributed by atoms with Gasteiger partial charge in [0.2, 0.25) is 0 Å². The van der Waals surface area contributed by atoms with Crippen molar-refractivity contribution in [2.24, 2.45) is 0 Å². The van der Waals surface area contributed by atoms with Gasteiger partial charge in [0.25, 0.3) is 5.91 Å². The Labute approximate surface area is 88.9 Å². The summed E-state index contributed by atoms with van der Waals surface area (Å²) in [5, 5.41) is 11.8. The van der Waals surface area contributed by atoms with Crippen LogP contribution in [0.2, 0.25) is 0 Å². The molecule has 1 atom stereocenters. The van der Waals surface area contributed by atoms with E-state index >= 15 is 0 Å². The average Bonchev–Trinajstić information content (AvgIpc) is 2.93. The van der Waals surface area contributed by atoms with Crippen LogP contribution in [-0.4, -0.2) is 28.2 Å². The first-order valence-corrected chi connectivity index (χ1v) is 5.31. The van der Waals surface area contributed by atoms with E-state index < -0.39 is 6.10 Å². The topological polar surface area (TPSA) is 54.3 Å². The number of carbonyl (C=O) groups is 1. The predicted octanol–water partition coefficient (Wildman–Crippen LogP) is 0.934. The number of carbonyl (C=O) groups excluding carboxylic acids is 1. The summed E-state index contributed by atoms with van der Waals surface area (Å²) < 4.78 is 2.01. The van der Waals surface area contributed by atoms with Gasteiger partial charge in [-0.15, -0.1) is 0 Å². The van der Waals surface area contributed by atoms with Gasteiger partial charge in [-0.1, -0.05) is 0 Å². The first-order chi connectivity index (χ1) is 7.18. The highest BCUT2D eigenvalue weighted by atomic mass is 16.3. The molecule has 1 aliphatic carbocycles. The molecule has 1 aromatic rings. The first-order valence-electron chi connectivity index (χ1n) is 5.31. The quantitative estimate of drug-likeness (QED) is 0.773. The molecule has 4 heteroatoms. The van der Waals surface area contributed by atoms with E-state index in [0.29, 0.717) is 18.3 Å². The fourth-order valence-electron chi connectivity index (χ4n) is 1.59. The van der Waals surface area contributed by atoms with Crippen LogP contribution in [0.15, 0.2) is 18.3 Å². The summed E-state index contributed by atoms with van der Waals surface area (Å²) in [6.45, 7) is 1.95. The van der Waals surface area contributed by atoms with Crippen molar-refractivity contribution in [1.82, 2.24) is 9.88 Å². The van der Waals surface area contributed by atoms with E-state index in [2.05, 4.69) is 5.32 Å². The van der Waals surface area contributed by atoms with Gasteiger partial charge < -0.3 is 15.0 Å². The molecule has 82 valence electrons. The second kappa shape index (κ2) is 4.06. The van der Waals surface area contributed by atoms with Gasteiger partial charge in [0.05, 0.1) is 6.10 Å². The number of aliphatic hydroxyl groups excluding tert-OH is 1. The van der Waals surface area contributed by atoms with Gasteiger partial charge in [0, 0.05) is 18.8 Å². The highest BCUT2D eigenvalue weighted by molar-refractivity contribution is 5.92. The molecule has 2 rings (SSSR count). The number of hydrogen-bond acceptors (Lipinski definition) is 2. The van der Waals surface area contributed by atoms with Crippen LogP contribution in [-0.2, 0) is 0 Å². The molecule has 1 saturated carbocycles. The van der Waals surface area contributed by atoms with E-state index in [9.17, 15) is 4.79 Å². The maximum Gasteiger partial charge on any atom is 0.268 e. The highest BCUT2D eigenvalue weighted by Crippen LogP contribution is 2.35. The molecule has 15 heavy (non-hydrogen) atoms. The van der Waals surface area contributed by atoms with Crippen molar-refractivity contribution in [3.63, 3.8) is 0 Å². The lowest BCUT2D eigenvalue weighted by atomic mass is 10.3. The van der Waals surface area contributed by atoms with Gasteiger partial charge in [0.1, 0.15) is 5.69 Å². The van der Waals surface area contributed by atoms with Gasteiger partial charge in [-0.3, -0.25) is 4.79 Å². The molecule has 0 spiro atoms. The maximum atomic E-state index is 11.7. The molecule has 0 radical (unpaired) electrons. The summed E-state index contributed by atoms with van der Waals surface area (Å²) in [5.74, 6) is -0.104. The SMILES string of the molecule is C[C@H](O)CNC(=O)c1cccn1C1CC1. The normalized spacial score (nSPS) is 17.5. The number of hydrogen-bond donors (Lipinski definition) is 2. The van der Waals surface area contributed by atoms with E-state index in [-0.39, 0.29) is 5.91 Å². The Hall–Kier alpha value is -1.29. The summed E-state index contributed by atoms with van der Waals surface area (Å²) in [6, 6.07) is 4.21. The fraction of sp³-hybridized carbons (Fsp3) is 0.545. The molecular weight excluding hydrogens is 192 g/mol. The Balaban J connectivity index is 2.01. The molecule has 2 N–H and O–H groups in total. The van der Waals surface area contributed by atoms with Crippen molar-refractivity contribution in [2.75, 3.05) is 6.54 Å². The van der Waals surface area contributed by atoms with Crippen LogP contribution >= 0.6 is 0 Å². The maximum absolute atomic E-state index is 11.7. The summed E-state index contributed by atoms with van der Waals surface area (Å²) in [6.07, 6.45) is 3.75. The van der Waals surface area contributed by atoms with E-state index in [1.165, 1.54) is 0 Å². The van der Waals surface area contributed by atoms with Crippen LogP contribution < -0.4 is 5.32 Å². The molecule has 4 nitrogen and oxygen atoms in total. The van der Waals surface area contributed by atoms with Gasteiger partial charge in [-0.05, 0) is 31.9 Å². The molecule has 1 aliphatic rings. The van der Waals surface area contributed by atoms with Crippen LogP contribution in [0.1, 0.15) is 36.3 Å². The van der Waals surface area contributed by atoms with Crippen molar-refractivity contribution in [1.29, 1.82) is 0 Å². The monoisotopic (exact) mass is 208 g/mol. The van der Waals surface area contributed by atoms with Gasteiger partial charge in [0.15, 0.2) is 0 Å². The molecule has 1 aromatic heterocycles. The zero-order valence-corrected chi connectivity index (χ0v) is 8.81. The summed E-state index contributed by atoms with van der Waals surface area (Å²) in [4.78, 5) is 11.7. The number of nitrogens with one attached hydrogen (secondary N) is 1. The largest absolute Gasteiger partial charge is 0.392 e. The second-order valence-electron chi connectivity index (χ2n) is 4.09. The van der Waals surface area contributed by atoms with Crippen LogP contribution in [0.25, 0.3) is 0 Å². The lowest BCUT2D eigenvalue weighted by Crippen LogP contribution is -2.31. The molecule has 0 bridgehead atoms. The number of aliphatic hydroxyl groups is 1. The predicted molar refractivity (Wildman–Crippen MR) is 56.7 cm³/mol. The zero-order valence-electron chi connectivity index (χ0n) is 8.81. The third-order valence-electron chi connectivity index (χ3n) is 2.51. The summed E-state index contributed by atoms with van der Waals surface area (Å²) >= 11 is 0. The number of amides is 1.